The highest BCUT2D eigenvalue weighted by molar-refractivity contribution is 7.94. The first-order chi connectivity index (χ1) is 5.98. The molecule has 0 amide bonds. The minimum atomic E-state index is -3.19. The van der Waals surface area contributed by atoms with Crippen LogP contribution in [0.1, 0.15) is 32.6 Å². The first-order valence-electron chi connectivity index (χ1n) is 4.23. The number of halogens is 2. The average Bonchev–Trinajstić information content (AvgIpc) is 1.95. The van der Waals surface area contributed by atoms with Gasteiger partial charge in [0.15, 0.2) is 9.84 Å². The molecule has 0 aliphatic heterocycles. The van der Waals surface area contributed by atoms with Crippen LogP contribution in [0.3, 0.4) is 0 Å². The van der Waals surface area contributed by atoms with Crippen LogP contribution in [-0.4, -0.2) is 14.2 Å². The number of sulfone groups is 1. The molecule has 0 fully saturated rings. The van der Waals surface area contributed by atoms with Gasteiger partial charge in [0.1, 0.15) is 4.49 Å². The van der Waals surface area contributed by atoms with Crippen molar-refractivity contribution in [3.05, 3.63) is 9.90 Å². The molecule has 0 aromatic rings. The Morgan fingerprint density at radius 2 is 1.85 bits per heavy atom. The number of hydrogen-bond acceptors (Lipinski definition) is 2. The third kappa shape index (κ3) is 8.60. The zero-order chi connectivity index (χ0) is 10.3. The summed E-state index contributed by atoms with van der Waals surface area (Å²) in [5, 5.41) is 0.905. The van der Waals surface area contributed by atoms with Crippen LogP contribution in [0.15, 0.2) is 9.90 Å². The van der Waals surface area contributed by atoms with E-state index in [9.17, 15) is 8.42 Å². The van der Waals surface area contributed by atoms with Gasteiger partial charge >= 0.3 is 0 Å². The van der Waals surface area contributed by atoms with E-state index in [4.69, 9.17) is 23.2 Å². The molecule has 0 radical (unpaired) electrons. The summed E-state index contributed by atoms with van der Waals surface area (Å²) in [6.45, 7) is 2.07. The summed E-state index contributed by atoms with van der Waals surface area (Å²) in [5.74, 6) is 0.135. The van der Waals surface area contributed by atoms with Gasteiger partial charge in [-0.15, -0.1) is 0 Å². The lowest BCUT2D eigenvalue weighted by Crippen LogP contribution is -2.02. The summed E-state index contributed by atoms with van der Waals surface area (Å²) in [5.41, 5.74) is 0. The zero-order valence-electron chi connectivity index (χ0n) is 7.59. The minimum absolute atomic E-state index is 0.135. The fourth-order valence-corrected chi connectivity index (χ4v) is 2.73. The molecule has 0 atom stereocenters. The SMILES string of the molecule is CCCCCCS(=O)(=O)C=C(Cl)Cl. The standard InChI is InChI=1S/C8H14Cl2O2S/c1-2-3-4-5-6-13(11,12)7-8(9)10/h7H,2-6H2,1H3. The van der Waals surface area contributed by atoms with Gasteiger partial charge in [0.25, 0.3) is 0 Å². The quantitative estimate of drug-likeness (QED) is 0.673. The summed E-state index contributed by atoms with van der Waals surface area (Å²) in [6, 6.07) is 0. The third-order valence-corrected chi connectivity index (χ3v) is 3.48. The highest BCUT2D eigenvalue weighted by atomic mass is 35.5. The normalized spacial score (nSPS) is 11.3. The molecule has 0 saturated heterocycles. The molecule has 13 heavy (non-hydrogen) atoms. The molecule has 0 rings (SSSR count). The smallest absolute Gasteiger partial charge is 0.173 e. The predicted molar refractivity (Wildman–Crippen MR) is 57.7 cm³/mol. The van der Waals surface area contributed by atoms with E-state index in [2.05, 4.69) is 6.92 Å². The Labute approximate surface area is 89.8 Å². The maximum Gasteiger partial charge on any atom is 0.173 e. The van der Waals surface area contributed by atoms with Gasteiger partial charge in [-0.05, 0) is 6.42 Å². The Bertz CT molecular complexity index is 253. The largest absolute Gasteiger partial charge is 0.224 e. The highest BCUT2D eigenvalue weighted by Gasteiger charge is 2.06. The van der Waals surface area contributed by atoms with Crippen LogP contribution < -0.4 is 0 Å². The minimum Gasteiger partial charge on any atom is -0.224 e. The van der Waals surface area contributed by atoms with Gasteiger partial charge in [0, 0.05) is 0 Å². The molecule has 0 aromatic heterocycles. The fraction of sp³-hybridized carbons (Fsp3) is 0.750. The molecule has 0 saturated carbocycles. The van der Waals surface area contributed by atoms with E-state index in [1.807, 2.05) is 0 Å². The Morgan fingerprint density at radius 3 is 2.31 bits per heavy atom. The molecule has 0 N–H and O–H groups in total. The fourth-order valence-electron chi connectivity index (χ4n) is 0.925. The second kappa shape index (κ2) is 6.68. The molecular weight excluding hydrogens is 231 g/mol. The number of unbranched alkanes of at least 4 members (excludes halogenated alkanes) is 3. The van der Waals surface area contributed by atoms with Crippen molar-refractivity contribution in [3.63, 3.8) is 0 Å². The van der Waals surface area contributed by atoms with Gasteiger partial charge in [-0.25, -0.2) is 8.42 Å². The molecule has 78 valence electrons. The van der Waals surface area contributed by atoms with Crippen molar-refractivity contribution in [2.75, 3.05) is 5.75 Å². The Hall–Kier alpha value is 0.270. The molecule has 0 spiro atoms. The van der Waals surface area contributed by atoms with Crippen LogP contribution in [0.2, 0.25) is 0 Å². The van der Waals surface area contributed by atoms with Crippen LogP contribution in [0, 0.1) is 0 Å². The number of hydrogen-bond donors (Lipinski definition) is 0. The number of rotatable bonds is 6. The van der Waals surface area contributed by atoms with E-state index in [0.29, 0.717) is 6.42 Å². The molecule has 0 aliphatic rings. The maximum atomic E-state index is 11.2. The first kappa shape index (κ1) is 13.3. The lowest BCUT2D eigenvalue weighted by atomic mass is 10.2. The van der Waals surface area contributed by atoms with E-state index in [1.165, 1.54) is 0 Å². The summed E-state index contributed by atoms with van der Waals surface area (Å²) >= 11 is 10.5. The van der Waals surface area contributed by atoms with Gasteiger partial charge in [-0.3, -0.25) is 0 Å². The second-order valence-corrected chi connectivity index (χ2v) is 5.81. The monoisotopic (exact) mass is 244 g/mol. The van der Waals surface area contributed by atoms with Gasteiger partial charge in [0.05, 0.1) is 11.2 Å². The van der Waals surface area contributed by atoms with Gasteiger partial charge in [-0.1, -0.05) is 49.4 Å². The van der Waals surface area contributed by atoms with Crippen LogP contribution >= 0.6 is 23.2 Å². The second-order valence-electron chi connectivity index (χ2n) is 2.84. The van der Waals surface area contributed by atoms with Crippen LogP contribution in [-0.2, 0) is 9.84 Å². The molecule has 0 heterocycles. The van der Waals surface area contributed by atoms with Crippen molar-refractivity contribution in [3.8, 4) is 0 Å². The Kier molecular flexibility index (Phi) is 6.82. The van der Waals surface area contributed by atoms with Crippen molar-refractivity contribution in [1.29, 1.82) is 0 Å². The average molecular weight is 245 g/mol. The van der Waals surface area contributed by atoms with E-state index in [0.717, 1.165) is 24.7 Å². The van der Waals surface area contributed by atoms with Gasteiger partial charge in [-0.2, -0.15) is 0 Å². The topological polar surface area (TPSA) is 34.1 Å². The van der Waals surface area contributed by atoms with Crippen molar-refractivity contribution < 1.29 is 8.42 Å². The van der Waals surface area contributed by atoms with E-state index in [1.54, 1.807) is 0 Å². The van der Waals surface area contributed by atoms with Crippen molar-refractivity contribution in [2.45, 2.75) is 32.6 Å². The molecule has 2 nitrogen and oxygen atoms in total. The molecule has 0 aromatic carbocycles. The lowest BCUT2D eigenvalue weighted by molar-refractivity contribution is 0.597. The highest BCUT2D eigenvalue weighted by Crippen LogP contribution is 2.11. The van der Waals surface area contributed by atoms with Crippen LogP contribution in [0.5, 0.6) is 0 Å². The van der Waals surface area contributed by atoms with Gasteiger partial charge in [0.2, 0.25) is 0 Å². The summed E-state index contributed by atoms with van der Waals surface area (Å²) < 4.78 is 22.1. The molecule has 5 heteroatoms. The van der Waals surface area contributed by atoms with Crippen LogP contribution in [0.4, 0.5) is 0 Å². The molecule has 0 unspecified atom stereocenters. The van der Waals surface area contributed by atoms with Gasteiger partial charge < -0.3 is 0 Å². The van der Waals surface area contributed by atoms with E-state index in [-0.39, 0.29) is 10.2 Å². The Balaban J connectivity index is 3.85. The molecule has 0 aliphatic carbocycles. The first-order valence-corrected chi connectivity index (χ1v) is 6.70. The van der Waals surface area contributed by atoms with E-state index < -0.39 is 9.84 Å². The maximum absolute atomic E-state index is 11.2. The summed E-state index contributed by atoms with van der Waals surface area (Å²) in [6.07, 6.45) is 3.76. The molecular formula is C8H14Cl2O2S. The van der Waals surface area contributed by atoms with Crippen LogP contribution in [0.25, 0.3) is 0 Å². The Morgan fingerprint density at radius 1 is 1.23 bits per heavy atom. The van der Waals surface area contributed by atoms with Crippen molar-refractivity contribution in [1.82, 2.24) is 0 Å². The summed E-state index contributed by atoms with van der Waals surface area (Å²) in [7, 11) is -3.19. The van der Waals surface area contributed by atoms with E-state index >= 15 is 0 Å². The molecule has 0 bridgehead atoms. The van der Waals surface area contributed by atoms with Crippen molar-refractivity contribution in [2.24, 2.45) is 0 Å². The zero-order valence-corrected chi connectivity index (χ0v) is 9.92. The summed E-state index contributed by atoms with van der Waals surface area (Å²) in [4.78, 5) is 0. The van der Waals surface area contributed by atoms with Crippen molar-refractivity contribution >= 4 is 33.0 Å². The third-order valence-electron chi connectivity index (χ3n) is 1.55. The lowest BCUT2D eigenvalue weighted by Gasteiger charge is -1.98. The predicted octanol–water partition coefficient (Wildman–Crippen LogP) is 3.26.